The van der Waals surface area contributed by atoms with Gasteiger partial charge in [-0.2, -0.15) is 4.98 Å². The molecule has 23 heavy (non-hydrogen) atoms. The van der Waals surface area contributed by atoms with Gasteiger partial charge in [0.15, 0.2) is 9.84 Å². The number of aryl methyl sites for hydroxylation is 2. The van der Waals surface area contributed by atoms with E-state index in [1.165, 1.54) is 5.56 Å². The standard InChI is InChI=1S/C16H20N4O2S/c1-11-3-4-14(12(2)9-11)19-16-17-7-5-15(20-16)18-13-6-8-23(21,22)10-13/h3-5,7,9,13H,6,8,10H2,1-2H3,(H2,17,18,19,20). The number of nitrogens with one attached hydrogen (secondary N) is 2. The Morgan fingerprint density at radius 3 is 2.74 bits per heavy atom. The summed E-state index contributed by atoms with van der Waals surface area (Å²) in [6.45, 7) is 4.08. The Labute approximate surface area is 136 Å². The molecule has 0 aliphatic carbocycles. The molecule has 1 fully saturated rings. The minimum Gasteiger partial charge on any atom is -0.366 e. The maximum Gasteiger partial charge on any atom is 0.229 e. The molecule has 1 aliphatic rings. The summed E-state index contributed by atoms with van der Waals surface area (Å²) in [5.41, 5.74) is 3.27. The summed E-state index contributed by atoms with van der Waals surface area (Å²) in [4.78, 5) is 8.64. The molecule has 0 saturated carbocycles. The van der Waals surface area contributed by atoms with Crippen LogP contribution in [-0.4, -0.2) is 35.9 Å². The predicted molar refractivity (Wildman–Crippen MR) is 91.9 cm³/mol. The second kappa shape index (κ2) is 6.16. The Kier molecular flexibility index (Phi) is 4.21. The third-order valence-electron chi connectivity index (χ3n) is 3.87. The molecule has 7 heteroatoms. The van der Waals surface area contributed by atoms with Crippen LogP contribution in [0.25, 0.3) is 0 Å². The van der Waals surface area contributed by atoms with Crippen molar-refractivity contribution >= 4 is 27.3 Å². The van der Waals surface area contributed by atoms with E-state index in [1.54, 1.807) is 12.3 Å². The highest BCUT2D eigenvalue weighted by Gasteiger charge is 2.27. The van der Waals surface area contributed by atoms with Crippen molar-refractivity contribution < 1.29 is 8.42 Å². The third-order valence-corrected chi connectivity index (χ3v) is 5.64. The SMILES string of the molecule is Cc1ccc(Nc2nccc(NC3CCS(=O)(=O)C3)n2)c(C)c1. The van der Waals surface area contributed by atoms with Crippen molar-refractivity contribution in [2.75, 3.05) is 22.1 Å². The lowest BCUT2D eigenvalue weighted by Gasteiger charge is -2.13. The van der Waals surface area contributed by atoms with Gasteiger partial charge in [0.05, 0.1) is 11.5 Å². The second-order valence-corrected chi connectivity index (χ2v) is 8.18. The van der Waals surface area contributed by atoms with Gasteiger partial charge in [0, 0.05) is 17.9 Å². The summed E-state index contributed by atoms with van der Waals surface area (Å²) < 4.78 is 23.0. The van der Waals surface area contributed by atoms with E-state index in [1.807, 2.05) is 26.0 Å². The largest absolute Gasteiger partial charge is 0.366 e. The number of anilines is 3. The molecule has 1 unspecified atom stereocenters. The lowest BCUT2D eigenvalue weighted by atomic mass is 10.1. The Morgan fingerprint density at radius 1 is 1.22 bits per heavy atom. The molecule has 0 spiro atoms. The van der Waals surface area contributed by atoms with E-state index in [0.29, 0.717) is 18.2 Å². The lowest BCUT2D eigenvalue weighted by Crippen LogP contribution is -2.21. The zero-order chi connectivity index (χ0) is 16.4. The number of benzene rings is 1. The summed E-state index contributed by atoms with van der Waals surface area (Å²) in [6, 6.07) is 7.79. The van der Waals surface area contributed by atoms with Crippen molar-refractivity contribution in [3.8, 4) is 0 Å². The Hall–Kier alpha value is -2.15. The highest BCUT2D eigenvalue weighted by molar-refractivity contribution is 7.91. The highest BCUT2D eigenvalue weighted by Crippen LogP contribution is 2.21. The molecular weight excluding hydrogens is 312 g/mol. The van der Waals surface area contributed by atoms with Crippen molar-refractivity contribution in [2.24, 2.45) is 0 Å². The summed E-state index contributed by atoms with van der Waals surface area (Å²) in [6.07, 6.45) is 2.27. The molecule has 0 radical (unpaired) electrons. The maximum absolute atomic E-state index is 11.5. The monoisotopic (exact) mass is 332 g/mol. The van der Waals surface area contributed by atoms with Gasteiger partial charge in [0.25, 0.3) is 0 Å². The van der Waals surface area contributed by atoms with Gasteiger partial charge in [-0.1, -0.05) is 17.7 Å². The molecule has 122 valence electrons. The van der Waals surface area contributed by atoms with E-state index >= 15 is 0 Å². The van der Waals surface area contributed by atoms with E-state index in [2.05, 4.69) is 26.7 Å². The first kappa shape index (κ1) is 15.7. The van der Waals surface area contributed by atoms with Gasteiger partial charge in [-0.25, -0.2) is 13.4 Å². The third kappa shape index (κ3) is 3.98. The Balaban J connectivity index is 1.72. The molecular formula is C16H20N4O2S. The average molecular weight is 332 g/mol. The number of nitrogens with zero attached hydrogens (tertiary/aromatic N) is 2. The summed E-state index contributed by atoms with van der Waals surface area (Å²) in [5.74, 6) is 1.53. The first-order valence-corrected chi connectivity index (χ1v) is 9.38. The number of hydrogen-bond donors (Lipinski definition) is 2. The van der Waals surface area contributed by atoms with Crippen molar-refractivity contribution in [3.63, 3.8) is 0 Å². The fourth-order valence-electron chi connectivity index (χ4n) is 2.69. The average Bonchev–Trinajstić information content (AvgIpc) is 2.81. The predicted octanol–water partition coefficient (Wildman–Crippen LogP) is 2.44. The van der Waals surface area contributed by atoms with Crippen LogP contribution in [0.2, 0.25) is 0 Å². The Morgan fingerprint density at radius 2 is 2.04 bits per heavy atom. The van der Waals surface area contributed by atoms with Crippen molar-refractivity contribution in [2.45, 2.75) is 26.3 Å². The summed E-state index contributed by atoms with van der Waals surface area (Å²) in [5, 5.41) is 6.38. The minimum absolute atomic E-state index is 0.0798. The molecule has 2 N–H and O–H groups in total. The molecule has 1 atom stereocenters. The van der Waals surface area contributed by atoms with E-state index < -0.39 is 9.84 Å². The fourth-order valence-corrected chi connectivity index (χ4v) is 4.36. The zero-order valence-electron chi connectivity index (χ0n) is 13.2. The van der Waals surface area contributed by atoms with Gasteiger partial charge in [-0.05, 0) is 38.0 Å². The number of hydrogen-bond acceptors (Lipinski definition) is 6. The van der Waals surface area contributed by atoms with Crippen LogP contribution in [0.1, 0.15) is 17.5 Å². The highest BCUT2D eigenvalue weighted by atomic mass is 32.2. The van der Waals surface area contributed by atoms with E-state index in [0.717, 1.165) is 11.3 Å². The van der Waals surface area contributed by atoms with Crippen LogP contribution in [0.3, 0.4) is 0 Å². The van der Waals surface area contributed by atoms with Gasteiger partial charge in [0.1, 0.15) is 5.82 Å². The number of aromatic nitrogens is 2. The topological polar surface area (TPSA) is 84.0 Å². The van der Waals surface area contributed by atoms with Crippen LogP contribution in [0.5, 0.6) is 0 Å². The maximum atomic E-state index is 11.5. The van der Waals surface area contributed by atoms with E-state index in [4.69, 9.17) is 0 Å². The van der Waals surface area contributed by atoms with Crippen LogP contribution < -0.4 is 10.6 Å². The molecule has 2 heterocycles. The summed E-state index contributed by atoms with van der Waals surface area (Å²) in [7, 11) is -2.91. The minimum atomic E-state index is -2.91. The van der Waals surface area contributed by atoms with Crippen LogP contribution in [0.4, 0.5) is 17.5 Å². The Bertz CT molecular complexity index is 821. The van der Waals surface area contributed by atoms with Gasteiger partial charge in [0.2, 0.25) is 5.95 Å². The fraction of sp³-hybridized carbons (Fsp3) is 0.375. The quantitative estimate of drug-likeness (QED) is 0.894. The van der Waals surface area contributed by atoms with Crippen LogP contribution in [0.15, 0.2) is 30.5 Å². The lowest BCUT2D eigenvalue weighted by molar-refractivity contribution is 0.602. The van der Waals surface area contributed by atoms with Crippen LogP contribution in [-0.2, 0) is 9.84 Å². The molecule has 6 nitrogen and oxygen atoms in total. The molecule has 1 aromatic heterocycles. The molecule has 0 amide bonds. The van der Waals surface area contributed by atoms with Gasteiger partial charge in [-0.15, -0.1) is 0 Å². The van der Waals surface area contributed by atoms with Gasteiger partial charge >= 0.3 is 0 Å². The molecule has 1 aliphatic heterocycles. The van der Waals surface area contributed by atoms with Crippen molar-refractivity contribution in [1.29, 1.82) is 0 Å². The molecule has 3 rings (SSSR count). The molecule has 1 aromatic carbocycles. The first-order chi connectivity index (χ1) is 10.9. The summed E-state index contributed by atoms with van der Waals surface area (Å²) >= 11 is 0. The number of sulfone groups is 1. The van der Waals surface area contributed by atoms with Gasteiger partial charge in [-0.3, -0.25) is 0 Å². The smallest absolute Gasteiger partial charge is 0.229 e. The van der Waals surface area contributed by atoms with Crippen LogP contribution >= 0.6 is 0 Å². The van der Waals surface area contributed by atoms with E-state index in [9.17, 15) is 8.42 Å². The van der Waals surface area contributed by atoms with Gasteiger partial charge < -0.3 is 10.6 Å². The van der Waals surface area contributed by atoms with E-state index in [-0.39, 0.29) is 17.5 Å². The molecule has 0 bridgehead atoms. The second-order valence-electron chi connectivity index (χ2n) is 5.95. The van der Waals surface area contributed by atoms with Crippen molar-refractivity contribution in [1.82, 2.24) is 9.97 Å². The first-order valence-electron chi connectivity index (χ1n) is 7.55. The number of rotatable bonds is 4. The van der Waals surface area contributed by atoms with Crippen molar-refractivity contribution in [3.05, 3.63) is 41.6 Å². The molecule has 2 aromatic rings. The normalized spacial score (nSPS) is 19.5. The molecule has 1 saturated heterocycles. The van der Waals surface area contributed by atoms with Crippen LogP contribution in [0, 0.1) is 13.8 Å². The zero-order valence-corrected chi connectivity index (χ0v) is 14.0.